The highest BCUT2D eigenvalue weighted by molar-refractivity contribution is 7.92. The van der Waals surface area contributed by atoms with Gasteiger partial charge in [0.15, 0.2) is 0 Å². The first-order chi connectivity index (χ1) is 9.29. The van der Waals surface area contributed by atoms with Crippen LogP contribution in [0, 0.1) is 17.6 Å². The molecule has 106 valence electrons. The number of rotatable bonds is 3. The number of benzene rings is 1. The Morgan fingerprint density at radius 2 is 1.80 bits per heavy atom. The van der Waals surface area contributed by atoms with E-state index in [0.717, 1.165) is 18.3 Å². The number of nitrogens with zero attached hydrogens (tertiary/aromatic N) is 1. The summed E-state index contributed by atoms with van der Waals surface area (Å²) in [4.78, 5) is 2.42. The molecule has 3 N–H and O–H groups in total. The summed E-state index contributed by atoms with van der Waals surface area (Å²) in [6, 6.07) is 3.05. The molecule has 0 atom stereocenters. The molecule has 5 nitrogen and oxygen atoms in total. The van der Waals surface area contributed by atoms with E-state index in [0.29, 0.717) is 12.1 Å². The second-order valence-electron chi connectivity index (χ2n) is 3.78. The highest BCUT2D eigenvalue weighted by Gasteiger charge is 2.21. The average Bonchev–Trinajstić information content (AvgIpc) is 2.36. The van der Waals surface area contributed by atoms with Crippen molar-refractivity contribution in [3.63, 3.8) is 0 Å². The summed E-state index contributed by atoms with van der Waals surface area (Å²) in [7, 11) is -4.33. The molecule has 9 heteroatoms. The van der Waals surface area contributed by atoms with Crippen molar-refractivity contribution in [2.75, 3.05) is 10.5 Å². The second kappa shape index (κ2) is 5.00. The average molecular weight is 303 g/mol. The van der Waals surface area contributed by atoms with E-state index in [1.807, 2.05) is 4.72 Å². The van der Waals surface area contributed by atoms with Crippen molar-refractivity contribution in [3.05, 3.63) is 48.0 Å². The van der Waals surface area contributed by atoms with Crippen molar-refractivity contribution in [1.82, 2.24) is 4.98 Å². The minimum atomic E-state index is -4.33. The van der Waals surface area contributed by atoms with Gasteiger partial charge in [0.05, 0.1) is 17.6 Å². The van der Waals surface area contributed by atoms with Gasteiger partial charge >= 0.3 is 0 Å². The lowest BCUT2D eigenvalue weighted by molar-refractivity contribution is 0.552. The number of nitrogens with one attached hydrogen (secondary N) is 1. The Kier molecular flexibility index (Phi) is 3.53. The topological polar surface area (TPSA) is 85.1 Å². The number of aromatic nitrogens is 1. The van der Waals surface area contributed by atoms with Crippen LogP contribution in [0.1, 0.15) is 0 Å². The summed E-state index contributed by atoms with van der Waals surface area (Å²) >= 11 is 0. The zero-order chi connectivity index (χ0) is 14.9. The fourth-order valence-electron chi connectivity index (χ4n) is 1.40. The summed E-state index contributed by atoms with van der Waals surface area (Å²) < 4.78 is 64.9. The van der Waals surface area contributed by atoms with E-state index in [1.165, 1.54) is 0 Å². The van der Waals surface area contributed by atoms with Crippen molar-refractivity contribution < 1.29 is 21.6 Å². The molecule has 20 heavy (non-hydrogen) atoms. The molecule has 0 bridgehead atoms. The van der Waals surface area contributed by atoms with E-state index in [-0.39, 0.29) is 5.69 Å². The zero-order valence-corrected chi connectivity index (χ0v) is 10.6. The van der Waals surface area contributed by atoms with Crippen LogP contribution < -0.4 is 10.5 Å². The van der Waals surface area contributed by atoms with Crippen molar-refractivity contribution in [3.8, 4) is 0 Å². The van der Waals surface area contributed by atoms with Crippen LogP contribution in [0.2, 0.25) is 0 Å². The molecule has 0 spiro atoms. The molecule has 0 saturated heterocycles. The predicted octanol–water partition coefficient (Wildman–Crippen LogP) is 1.88. The first-order valence-corrected chi connectivity index (χ1v) is 6.67. The van der Waals surface area contributed by atoms with Gasteiger partial charge in [0.1, 0.15) is 16.5 Å². The van der Waals surface area contributed by atoms with Crippen molar-refractivity contribution in [2.45, 2.75) is 4.90 Å². The monoisotopic (exact) mass is 303 g/mol. The smallest absolute Gasteiger partial charge is 0.264 e. The van der Waals surface area contributed by atoms with Gasteiger partial charge in [-0.2, -0.15) is 4.39 Å². The summed E-state index contributed by atoms with van der Waals surface area (Å²) in [5, 5.41) is 0. The van der Waals surface area contributed by atoms with E-state index in [4.69, 9.17) is 5.73 Å². The molecular formula is C11H8F3N3O2S. The van der Waals surface area contributed by atoms with Crippen molar-refractivity contribution >= 4 is 21.4 Å². The summed E-state index contributed by atoms with van der Waals surface area (Å²) in [5.74, 6) is -3.16. The molecule has 1 heterocycles. The largest absolute Gasteiger partial charge is 0.396 e. The van der Waals surface area contributed by atoms with Gasteiger partial charge in [-0.25, -0.2) is 22.2 Å². The Morgan fingerprint density at radius 1 is 1.10 bits per heavy atom. The Balaban J connectivity index is 2.40. The van der Waals surface area contributed by atoms with E-state index < -0.39 is 38.2 Å². The molecular weight excluding hydrogens is 295 g/mol. The van der Waals surface area contributed by atoms with Gasteiger partial charge in [-0.05, 0) is 18.2 Å². The number of hydrogen-bond acceptors (Lipinski definition) is 4. The molecule has 0 saturated carbocycles. The molecule has 1 aromatic heterocycles. The fourth-order valence-corrected chi connectivity index (χ4v) is 2.54. The van der Waals surface area contributed by atoms with E-state index >= 15 is 0 Å². The highest BCUT2D eigenvalue weighted by atomic mass is 32.2. The number of nitrogen functional groups attached to an aromatic ring is 1. The van der Waals surface area contributed by atoms with Crippen LogP contribution in [0.3, 0.4) is 0 Å². The third kappa shape index (κ3) is 2.82. The van der Waals surface area contributed by atoms with Crippen molar-refractivity contribution in [2.24, 2.45) is 0 Å². The zero-order valence-electron chi connectivity index (χ0n) is 9.77. The van der Waals surface area contributed by atoms with Crippen LogP contribution >= 0.6 is 0 Å². The molecule has 0 radical (unpaired) electrons. The van der Waals surface area contributed by atoms with E-state index in [9.17, 15) is 21.6 Å². The summed E-state index contributed by atoms with van der Waals surface area (Å²) in [6.45, 7) is 0. The van der Waals surface area contributed by atoms with Gasteiger partial charge in [-0.1, -0.05) is 0 Å². The van der Waals surface area contributed by atoms with Crippen LogP contribution in [0.5, 0.6) is 0 Å². The molecule has 0 aliphatic rings. The SMILES string of the molecule is Nc1cc(S(=O)(=O)Nc2ccc(F)nc2)c(F)cc1F. The molecule has 0 fully saturated rings. The maximum atomic E-state index is 13.5. The quantitative estimate of drug-likeness (QED) is 0.669. The van der Waals surface area contributed by atoms with Crippen molar-refractivity contribution in [1.29, 1.82) is 0 Å². The first kappa shape index (κ1) is 14.1. The number of hydrogen-bond donors (Lipinski definition) is 2. The maximum Gasteiger partial charge on any atom is 0.264 e. The number of anilines is 2. The highest BCUT2D eigenvalue weighted by Crippen LogP contribution is 2.23. The molecule has 0 unspecified atom stereocenters. The van der Waals surface area contributed by atoms with Crippen LogP contribution in [0.25, 0.3) is 0 Å². The number of halogens is 3. The van der Waals surface area contributed by atoms with Crippen LogP contribution in [0.4, 0.5) is 24.5 Å². The van der Waals surface area contributed by atoms with Gasteiger partial charge in [0.25, 0.3) is 10.0 Å². The number of pyridine rings is 1. The lowest BCUT2D eigenvalue weighted by atomic mass is 10.3. The molecule has 0 aliphatic carbocycles. The fraction of sp³-hybridized carbons (Fsp3) is 0. The Morgan fingerprint density at radius 3 is 2.40 bits per heavy atom. The van der Waals surface area contributed by atoms with Crippen LogP contribution in [-0.2, 0) is 10.0 Å². The maximum absolute atomic E-state index is 13.5. The summed E-state index contributed by atoms with van der Waals surface area (Å²) in [6.07, 6.45) is 0.914. The van der Waals surface area contributed by atoms with Gasteiger partial charge in [0, 0.05) is 6.07 Å². The lowest BCUT2D eigenvalue weighted by Gasteiger charge is -2.09. The van der Waals surface area contributed by atoms with Gasteiger partial charge in [-0.15, -0.1) is 0 Å². The number of sulfonamides is 1. The minimum absolute atomic E-state index is 0.0753. The molecule has 0 aliphatic heterocycles. The Labute approximate surface area is 112 Å². The summed E-state index contributed by atoms with van der Waals surface area (Å²) in [5.41, 5.74) is 4.62. The van der Waals surface area contributed by atoms with E-state index in [1.54, 1.807) is 0 Å². The molecule has 1 aromatic carbocycles. The Hall–Kier alpha value is -2.29. The first-order valence-electron chi connectivity index (χ1n) is 5.18. The Bertz CT molecular complexity index is 748. The third-order valence-electron chi connectivity index (χ3n) is 2.32. The standard InChI is InChI=1S/C11H8F3N3O2S/c12-7-3-8(13)10(4-9(7)15)20(18,19)17-6-1-2-11(14)16-5-6/h1-5,17H,15H2. The predicted molar refractivity (Wildman–Crippen MR) is 65.8 cm³/mol. The number of nitrogens with two attached hydrogens (primary N) is 1. The minimum Gasteiger partial charge on any atom is -0.396 e. The second-order valence-corrected chi connectivity index (χ2v) is 5.43. The molecule has 2 rings (SSSR count). The van der Waals surface area contributed by atoms with Gasteiger partial charge < -0.3 is 5.73 Å². The molecule has 0 amide bonds. The third-order valence-corrected chi connectivity index (χ3v) is 3.72. The normalized spacial score (nSPS) is 11.3. The van der Waals surface area contributed by atoms with Crippen LogP contribution in [0.15, 0.2) is 35.4 Å². The van der Waals surface area contributed by atoms with Gasteiger partial charge in [0.2, 0.25) is 5.95 Å². The molecule has 2 aromatic rings. The lowest BCUT2D eigenvalue weighted by Crippen LogP contribution is -2.15. The van der Waals surface area contributed by atoms with Gasteiger partial charge in [-0.3, -0.25) is 4.72 Å². The van der Waals surface area contributed by atoms with Crippen LogP contribution in [-0.4, -0.2) is 13.4 Å². The van der Waals surface area contributed by atoms with E-state index in [2.05, 4.69) is 4.98 Å².